The Morgan fingerprint density at radius 1 is 1.33 bits per heavy atom. The number of fused-ring (bicyclic) bond motifs is 1. The highest BCUT2D eigenvalue weighted by Crippen LogP contribution is 2.34. The van der Waals surface area contributed by atoms with Crippen LogP contribution in [0.25, 0.3) is 0 Å². The van der Waals surface area contributed by atoms with Crippen molar-refractivity contribution in [3.05, 3.63) is 28.0 Å². The summed E-state index contributed by atoms with van der Waals surface area (Å²) in [5, 5.41) is 0. The van der Waals surface area contributed by atoms with Crippen molar-refractivity contribution in [1.29, 1.82) is 0 Å². The highest BCUT2D eigenvalue weighted by molar-refractivity contribution is 9.10. The third-order valence-corrected chi connectivity index (χ3v) is 5.86. The number of sulfonamides is 1. The third kappa shape index (κ3) is 2.21. The number of rotatable bonds is 0. The van der Waals surface area contributed by atoms with Crippen molar-refractivity contribution in [1.82, 2.24) is 4.31 Å². The maximum Gasteiger partial charge on any atom is 0.243 e. The summed E-state index contributed by atoms with van der Waals surface area (Å²) in [5.41, 5.74) is 0.0772. The lowest BCUT2D eigenvalue weighted by molar-refractivity contribution is 0.245. The summed E-state index contributed by atoms with van der Waals surface area (Å²) in [7, 11) is -3.54. The van der Waals surface area contributed by atoms with Crippen LogP contribution in [0.4, 0.5) is 4.39 Å². The molecule has 0 N–H and O–H groups in total. The molecular formula is C12H15BrFNO2S. The van der Waals surface area contributed by atoms with Crippen molar-refractivity contribution in [2.24, 2.45) is 0 Å². The Morgan fingerprint density at radius 2 is 1.94 bits per heavy atom. The van der Waals surface area contributed by atoms with Crippen LogP contribution in [0.5, 0.6) is 0 Å². The van der Waals surface area contributed by atoms with Crippen molar-refractivity contribution in [3.8, 4) is 0 Å². The number of nitrogens with zero attached hydrogens (tertiary/aromatic N) is 1. The van der Waals surface area contributed by atoms with E-state index in [1.807, 2.05) is 20.8 Å². The van der Waals surface area contributed by atoms with Gasteiger partial charge in [0.15, 0.2) is 0 Å². The van der Waals surface area contributed by atoms with E-state index in [2.05, 4.69) is 15.9 Å². The molecule has 0 atom stereocenters. The van der Waals surface area contributed by atoms with Crippen molar-refractivity contribution < 1.29 is 12.8 Å². The Balaban J connectivity index is 2.63. The zero-order chi connectivity index (χ0) is 13.7. The van der Waals surface area contributed by atoms with E-state index in [9.17, 15) is 12.8 Å². The lowest BCUT2D eigenvalue weighted by Crippen LogP contribution is -2.48. The molecule has 1 aromatic rings. The molecule has 2 rings (SSSR count). The molecule has 18 heavy (non-hydrogen) atoms. The number of halogens is 2. The minimum Gasteiger partial charge on any atom is -0.207 e. The first-order valence-corrected chi connectivity index (χ1v) is 7.88. The van der Waals surface area contributed by atoms with Crippen molar-refractivity contribution in [2.45, 2.75) is 37.6 Å². The molecule has 0 unspecified atom stereocenters. The second-order valence-corrected chi connectivity index (χ2v) is 8.06. The Labute approximate surface area is 115 Å². The van der Waals surface area contributed by atoms with Gasteiger partial charge < -0.3 is 0 Å². The van der Waals surface area contributed by atoms with Gasteiger partial charge in [0.1, 0.15) is 5.82 Å². The molecule has 0 saturated heterocycles. The normalized spacial score (nSPS) is 19.6. The van der Waals surface area contributed by atoms with Gasteiger partial charge >= 0.3 is 0 Å². The Hall–Kier alpha value is -0.460. The SMILES string of the molecule is CC(C)(C)N1CCc2cc(F)c(Br)cc2S1(=O)=O. The highest BCUT2D eigenvalue weighted by Gasteiger charge is 2.38. The van der Waals surface area contributed by atoms with Gasteiger partial charge in [0, 0.05) is 12.1 Å². The molecule has 0 aliphatic carbocycles. The predicted molar refractivity (Wildman–Crippen MR) is 71.4 cm³/mol. The molecule has 0 aromatic heterocycles. The Kier molecular flexibility index (Phi) is 3.32. The average Bonchev–Trinajstić information content (AvgIpc) is 2.19. The zero-order valence-corrected chi connectivity index (χ0v) is 12.9. The van der Waals surface area contributed by atoms with E-state index in [1.54, 1.807) is 0 Å². The molecule has 0 amide bonds. The lowest BCUT2D eigenvalue weighted by Gasteiger charge is -2.38. The van der Waals surface area contributed by atoms with Crippen molar-refractivity contribution in [2.75, 3.05) is 6.54 Å². The van der Waals surface area contributed by atoms with Gasteiger partial charge in [-0.05, 0) is 60.8 Å². The first-order valence-electron chi connectivity index (χ1n) is 5.65. The van der Waals surface area contributed by atoms with Crippen LogP contribution < -0.4 is 0 Å². The third-order valence-electron chi connectivity index (χ3n) is 3.00. The fourth-order valence-electron chi connectivity index (χ4n) is 2.16. The fraction of sp³-hybridized carbons (Fsp3) is 0.500. The zero-order valence-electron chi connectivity index (χ0n) is 10.5. The predicted octanol–water partition coefficient (Wildman–Crippen LogP) is 2.93. The van der Waals surface area contributed by atoms with E-state index < -0.39 is 21.4 Å². The molecule has 6 heteroatoms. The van der Waals surface area contributed by atoms with E-state index >= 15 is 0 Å². The lowest BCUT2D eigenvalue weighted by atomic mass is 10.1. The van der Waals surface area contributed by atoms with Gasteiger partial charge in [0.25, 0.3) is 0 Å². The summed E-state index contributed by atoms with van der Waals surface area (Å²) < 4.78 is 40.1. The first-order chi connectivity index (χ1) is 8.14. The Bertz CT molecular complexity index is 593. The molecule has 1 aromatic carbocycles. The summed E-state index contributed by atoms with van der Waals surface area (Å²) in [5.74, 6) is -0.423. The van der Waals surface area contributed by atoms with Crippen LogP contribution >= 0.6 is 15.9 Å². The first kappa shape index (κ1) is 14.0. The number of hydrogen-bond donors (Lipinski definition) is 0. The molecule has 0 fully saturated rings. The van der Waals surface area contributed by atoms with Crippen LogP contribution in [0.3, 0.4) is 0 Å². The summed E-state index contributed by atoms with van der Waals surface area (Å²) in [6.07, 6.45) is 0.538. The number of hydrogen-bond acceptors (Lipinski definition) is 2. The standard InChI is InChI=1S/C12H15BrFNO2S/c1-12(2,3)15-5-4-8-6-10(14)9(13)7-11(8)18(15,16)17/h6-7H,4-5H2,1-3H3. The van der Waals surface area contributed by atoms with Crippen molar-refractivity contribution in [3.63, 3.8) is 0 Å². The Morgan fingerprint density at radius 3 is 2.50 bits per heavy atom. The van der Waals surface area contributed by atoms with E-state index in [1.165, 1.54) is 16.4 Å². The van der Waals surface area contributed by atoms with Gasteiger partial charge in [-0.25, -0.2) is 12.8 Å². The molecule has 3 nitrogen and oxygen atoms in total. The molecule has 0 radical (unpaired) electrons. The maximum absolute atomic E-state index is 13.4. The minimum absolute atomic E-state index is 0.181. The fourth-order valence-corrected chi connectivity index (χ4v) is 4.71. The van der Waals surface area contributed by atoms with Gasteiger partial charge in [0.05, 0.1) is 9.37 Å². The van der Waals surface area contributed by atoms with Crippen LogP contribution in [0.2, 0.25) is 0 Å². The number of benzene rings is 1. The largest absolute Gasteiger partial charge is 0.243 e. The van der Waals surface area contributed by atoms with Gasteiger partial charge in [-0.2, -0.15) is 4.31 Å². The van der Waals surface area contributed by atoms with Crippen LogP contribution in [0.1, 0.15) is 26.3 Å². The average molecular weight is 336 g/mol. The van der Waals surface area contributed by atoms with Crippen LogP contribution in [0.15, 0.2) is 21.5 Å². The van der Waals surface area contributed by atoms with E-state index in [0.717, 1.165) is 0 Å². The van der Waals surface area contributed by atoms with Crippen LogP contribution in [-0.2, 0) is 16.4 Å². The molecule has 100 valence electrons. The maximum atomic E-state index is 13.4. The van der Waals surface area contributed by atoms with E-state index in [-0.39, 0.29) is 9.37 Å². The van der Waals surface area contributed by atoms with Gasteiger partial charge in [0.2, 0.25) is 10.0 Å². The summed E-state index contributed by atoms with van der Waals surface area (Å²) in [4.78, 5) is 0.206. The van der Waals surface area contributed by atoms with Crippen LogP contribution in [0, 0.1) is 5.82 Å². The molecular weight excluding hydrogens is 321 g/mol. The van der Waals surface area contributed by atoms with Crippen molar-refractivity contribution >= 4 is 26.0 Å². The molecule has 0 bridgehead atoms. The summed E-state index contributed by atoms with van der Waals surface area (Å²) >= 11 is 3.04. The van der Waals surface area contributed by atoms with E-state index in [4.69, 9.17) is 0 Å². The second kappa shape index (κ2) is 4.28. The van der Waals surface area contributed by atoms with E-state index in [0.29, 0.717) is 18.5 Å². The highest BCUT2D eigenvalue weighted by atomic mass is 79.9. The van der Waals surface area contributed by atoms with Gasteiger partial charge in [-0.3, -0.25) is 0 Å². The summed E-state index contributed by atoms with van der Waals surface area (Å²) in [6, 6.07) is 2.66. The second-order valence-electron chi connectivity index (χ2n) is 5.37. The molecule has 0 spiro atoms. The molecule has 1 heterocycles. The monoisotopic (exact) mass is 335 g/mol. The summed E-state index contributed by atoms with van der Waals surface area (Å²) in [6.45, 7) is 5.95. The van der Waals surface area contributed by atoms with Gasteiger partial charge in [-0.15, -0.1) is 0 Å². The van der Waals surface area contributed by atoms with Gasteiger partial charge in [-0.1, -0.05) is 0 Å². The topological polar surface area (TPSA) is 37.4 Å². The molecule has 0 saturated carbocycles. The smallest absolute Gasteiger partial charge is 0.207 e. The molecule has 1 aliphatic rings. The quantitative estimate of drug-likeness (QED) is 0.731. The minimum atomic E-state index is -3.54. The van der Waals surface area contributed by atoms with Crippen LogP contribution in [-0.4, -0.2) is 24.8 Å². The molecule has 1 aliphatic heterocycles.